The summed E-state index contributed by atoms with van der Waals surface area (Å²) >= 11 is 0. The lowest BCUT2D eigenvalue weighted by Crippen LogP contribution is -2.62. The van der Waals surface area contributed by atoms with Crippen LogP contribution in [0.2, 0.25) is 0 Å². The van der Waals surface area contributed by atoms with Gasteiger partial charge in [0.15, 0.2) is 0 Å². The van der Waals surface area contributed by atoms with Gasteiger partial charge in [0.25, 0.3) is 0 Å². The third kappa shape index (κ3) is 2.59. The Morgan fingerprint density at radius 3 is 2.82 bits per heavy atom. The zero-order chi connectivity index (χ0) is 16.0. The summed E-state index contributed by atoms with van der Waals surface area (Å²) in [4.78, 5) is 0.350. The number of piperidine rings is 1. The van der Waals surface area contributed by atoms with Crippen molar-refractivity contribution in [2.24, 2.45) is 7.05 Å². The first-order valence-electron chi connectivity index (χ1n) is 8.12. The maximum Gasteiger partial charge on any atom is 0.246 e. The van der Waals surface area contributed by atoms with Gasteiger partial charge in [0.2, 0.25) is 10.0 Å². The molecule has 0 radical (unpaired) electrons. The topological polar surface area (TPSA) is 67.2 Å². The first kappa shape index (κ1) is 16.0. The maximum atomic E-state index is 13.2. The van der Waals surface area contributed by atoms with E-state index in [2.05, 4.69) is 17.3 Å². The molecular formula is C15H26N4O2S. The third-order valence-corrected chi connectivity index (χ3v) is 7.16. The van der Waals surface area contributed by atoms with Crippen LogP contribution in [0.5, 0.6) is 0 Å². The lowest BCUT2D eigenvalue weighted by molar-refractivity contribution is 0.124. The molecule has 7 heteroatoms. The number of rotatable bonds is 2. The molecule has 2 aliphatic heterocycles. The summed E-state index contributed by atoms with van der Waals surface area (Å²) in [6.07, 6.45) is 6.69. The molecule has 0 aliphatic carbocycles. The largest absolute Gasteiger partial charge is 0.310 e. The van der Waals surface area contributed by atoms with Gasteiger partial charge in [-0.2, -0.15) is 9.40 Å². The lowest BCUT2D eigenvalue weighted by Gasteiger charge is -2.47. The highest BCUT2D eigenvalue weighted by atomic mass is 32.2. The van der Waals surface area contributed by atoms with Crippen LogP contribution in [0.3, 0.4) is 0 Å². The van der Waals surface area contributed by atoms with Crippen molar-refractivity contribution in [1.82, 2.24) is 19.4 Å². The van der Waals surface area contributed by atoms with Gasteiger partial charge >= 0.3 is 0 Å². The van der Waals surface area contributed by atoms with Crippen molar-refractivity contribution >= 4 is 10.0 Å². The predicted molar refractivity (Wildman–Crippen MR) is 85.1 cm³/mol. The Kier molecular flexibility index (Phi) is 4.07. The second-order valence-electron chi connectivity index (χ2n) is 6.83. The molecule has 124 valence electrons. The van der Waals surface area contributed by atoms with Gasteiger partial charge in [0.05, 0.1) is 5.69 Å². The zero-order valence-corrected chi connectivity index (χ0v) is 14.5. The van der Waals surface area contributed by atoms with E-state index in [1.165, 1.54) is 0 Å². The van der Waals surface area contributed by atoms with E-state index < -0.39 is 10.0 Å². The zero-order valence-electron chi connectivity index (χ0n) is 13.7. The minimum Gasteiger partial charge on any atom is -0.310 e. The Morgan fingerprint density at radius 1 is 1.36 bits per heavy atom. The molecule has 1 aromatic heterocycles. The van der Waals surface area contributed by atoms with E-state index in [9.17, 15) is 8.42 Å². The highest BCUT2D eigenvalue weighted by Gasteiger charge is 2.46. The number of nitrogens with one attached hydrogen (secondary N) is 1. The average Bonchev–Trinajstić information content (AvgIpc) is 2.68. The molecule has 0 saturated carbocycles. The second-order valence-corrected chi connectivity index (χ2v) is 8.69. The normalized spacial score (nSPS) is 30.8. The summed E-state index contributed by atoms with van der Waals surface area (Å²) in [5.41, 5.74) is 0.467. The monoisotopic (exact) mass is 326 g/mol. The van der Waals surface area contributed by atoms with Crippen LogP contribution < -0.4 is 5.32 Å². The molecule has 2 saturated heterocycles. The van der Waals surface area contributed by atoms with Crippen LogP contribution in [0.1, 0.15) is 44.7 Å². The molecule has 0 amide bonds. The van der Waals surface area contributed by atoms with Gasteiger partial charge in [0.1, 0.15) is 4.90 Å². The van der Waals surface area contributed by atoms with Gasteiger partial charge in [-0.15, -0.1) is 0 Å². The van der Waals surface area contributed by atoms with Crippen molar-refractivity contribution < 1.29 is 8.42 Å². The van der Waals surface area contributed by atoms with Gasteiger partial charge in [-0.1, -0.05) is 6.42 Å². The van der Waals surface area contributed by atoms with Crippen LogP contribution >= 0.6 is 0 Å². The van der Waals surface area contributed by atoms with Gasteiger partial charge in [-0.3, -0.25) is 4.68 Å². The number of aryl methyl sites for hydroxylation is 2. The molecule has 0 bridgehead atoms. The third-order valence-electron chi connectivity index (χ3n) is 5.15. The van der Waals surface area contributed by atoms with E-state index in [1.54, 1.807) is 29.2 Å². The minimum absolute atomic E-state index is 0.0355. The summed E-state index contributed by atoms with van der Waals surface area (Å²) in [6, 6.07) is 0.0355. The van der Waals surface area contributed by atoms with Crippen LogP contribution in [0, 0.1) is 6.92 Å². The Labute approximate surface area is 132 Å². The van der Waals surface area contributed by atoms with Crippen LogP contribution in [-0.2, 0) is 17.1 Å². The Balaban J connectivity index is 2.00. The standard InChI is InChI=1S/C15H26N4O2S/c1-12-13(11-18(3)17-12)22(20,21)19-10-6-8-15(2)14(19)7-4-5-9-16-15/h11,14,16H,4-10H2,1-3H3/t14-,15-/m0/s1. The quantitative estimate of drug-likeness (QED) is 0.892. The summed E-state index contributed by atoms with van der Waals surface area (Å²) < 4.78 is 29.7. The van der Waals surface area contributed by atoms with Gasteiger partial charge in [-0.05, 0) is 46.1 Å². The highest BCUT2D eigenvalue weighted by molar-refractivity contribution is 7.89. The van der Waals surface area contributed by atoms with E-state index in [0.29, 0.717) is 17.1 Å². The highest BCUT2D eigenvalue weighted by Crippen LogP contribution is 2.36. The first-order chi connectivity index (χ1) is 10.3. The first-order valence-corrected chi connectivity index (χ1v) is 9.56. The fraction of sp³-hybridized carbons (Fsp3) is 0.800. The number of hydrogen-bond acceptors (Lipinski definition) is 4. The average molecular weight is 326 g/mol. The van der Waals surface area contributed by atoms with E-state index >= 15 is 0 Å². The molecule has 0 unspecified atom stereocenters. The fourth-order valence-corrected chi connectivity index (χ4v) is 5.99. The van der Waals surface area contributed by atoms with Crippen molar-refractivity contribution in [2.75, 3.05) is 13.1 Å². The molecular weight excluding hydrogens is 300 g/mol. The van der Waals surface area contributed by atoms with Gasteiger partial charge in [0, 0.05) is 31.4 Å². The molecule has 0 aromatic carbocycles. The van der Waals surface area contributed by atoms with E-state index in [4.69, 9.17) is 0 Å². The fourth-order valence-electron chi connectivity index (χ4n) is 3.99. The number of hydrogen-bond donors (Lipinski definition) is 1. The lowest BCUT2D eigenvalue weighted by atomic mass is 9.82. The molecule has 2 atom stereocenters. The number of fused-ring (bicyclic) bond motifs is 1. The molecule has 22 heavy (non-hydrogen) atoms. The Bertz CT molecular complexity index is 654. The van der Waals surface area contributed by atoms with E-state index in [0.717, 1.165) is 38.6 Å². The number of aromatic nitrogens is 2. The van der Waals surface area contributed by atoms with Crippen LogP contribution in [0.15, 0.2) is 11.1 Å². The van der Waals surface area contributed by atoms with Crippen molar-refractivity contribution in [1.29, 1.82) is 0 Å². The number of nitrogens with zero attached hydrogens (tertiary/aromatic N) is 3. The molecule has 0 spiro atoms. The molecule has 1 aromatic rings. The molecule has 1 N–H and O–H groups in total. The van der Waals surface area contributed by atoms with Gasteiger partial charge < -0.3 is 5.32 Å². The Morgan fingerprint density at radius 2 is 2.14 bits per heavy atom. The number of sulfonamides is 1. The van der Waals surface area contributed by atoms with Crippen molar-refractivity contribution in [3.8, 4) is 0 Å². The van der Waals surface area contributed by atoms with Crippen molar-refractivity contribution in [3.63, 3.8) is 0 Å². The summed E-state index contributed by atoms with van der Waals surface area (Å²) in [5.74, 6) is 0. The van der Waals surface area contributed by atoms with Crippen molar-refractivity contribution in [3.05, 3.63) is 11.9 Å². The van der Waals surface area contributed by atoms with Gasteiger partial charge in [-0.25, -0.2) is 8.42 Å². The SMILES string of the molecule is Cc1nn(C)cc1S(=O)(=O)N1CCC[C@]2(C)NCCCC[C@H]12. The van der Waals surface area contributed by atoms with E-state index in [1.807, 2.05) is 0 Å². The summed E-state index contributed by atoms with van der Waals surface area (Å²) in [5, 5.41) is 7.81. The minimum atomic E-state index is -3.49. The Hall–Kier alpha value is -0.920. The van der Waals surface area contributed by atoms with E-state index in [-0.39, 0.29) is 11.6 Å². The second kappa shape index (κ2) is 5.62. The molecule has 6 nitrogen and oxygen atoms in total. The maximum absolute atomic E-state index is 13.2. The van der Waals surface area contributed by atoms with Crippen molar-refractivity contribution in [2.45, 2.75) is 62.4 Å². The predicted octanol–water partition coefficient (Wildman–Crippen LogP) is 1.41. The summed E-state index contributed by atoms with van der Waals surface area (Å²) in [6.45, 7) is 5.54. The smallest absolute Gasteiger partial charge is 0.246 e. The van der Waals surface area contributed by atoms with Crippen LogP contribution in [0.4, 0.5) is 0 Å². The van der Waals surface area contributed by atoms with Crippen LogP contribution in [-0.4, -0.2) is 47.2 Å². The molecule has 2 fully saturated rings. The molecule has 3 rings (SSSR count). The molecule has 2 aliphatic rings. The summed E-state index contributed by atoms with van der Waals surface area (Å²) in [7, 11) is -1.72. The van der Waals surface area contributed by atoms with Crippen LogP contribution in [0.25, 0.3) is 0 Å². The molecule has 3 heterocycles.